The van der Waals surface area contributed by atoms with Crippen molar-refractivity contribution >= 4 is 11.9 Å². The zero-order valence-corrected chi connectivity index (χ0v) is 11.8. The maximum atomic E-state index is 13.1. The second-order valence-electron chi connectivity index (χ2n) is 5.16. The summed E-state index contributed by atoms with van der Waals surface area (Å²) in [6.45, 7) is 2.43. The van der Waals surface area contributed by atoms with Gasteiger partial charge in [-0.1, -0.05) is 0 Å². The van der Waals surface area contributed by atoms with E-state index >= 15 is 0 Å². The number of aryl methyl sites for hydroxylation is 1. The molecule has 1 aliphatic heterocycles. The van der Waals surface area contributed by atoms with Crippen molar-refractivity contribution < 1.29 is 23.8 Å². The number of carbonyl (C=O) groups is 2. The second kappa shape index (κ2) is 6.67. The van der Waals surface area contributed by atoms with Crippen molar-refractivity contribution in [1.82, 2.24) is 4.90 Å². The largest absolute Gasteiger partial charge is 0.480 e. The Bertz CT molecular complexity index is 538. The van der Waals surface area contributed by atoms with Crippen molar-refractivity contribution in [2.45, 2.75) is 25.9 Å². The van der Waals surface area contributed by atoms with Gasteiger partial charge >= 0.3 is 5.97 Å². The summed E-state index contributed by atoms with van der Waals surface area (Å²) in [5, 5.41) is 8.57. The highest BCUT2D eigenvalue weighted by Crippen LogP contribution is 2.18. The number of rotatable bonds is 4. The zero-order chi connectivity index (χ0) is 15.4. The van der Waals surface area contributed by atoms with Crippen molar-refractivity contribution in [3.05, 3.63) is 35.1 Å². The van der Waals surface area contributed by atoms with Gasteiger partial charge in [-0.3, -0.25) is 4.79 Å². The molecule has 0 saturated carbocycles. The third-order valence-corrected chi connectivity index (χ3v) is 3.59. The number of halogens is 1. The molecular weight excluding hydrogens is 277 g/mol. The minimum atomic E-state index is -0.990. The van der Waals surface area contributed by atoms with E-state index in [1.54, 1.807) is 11.8 Å². The smallest absolute Gasteiger partial charge is 0.329 e. The monoisotopic (exact) mass is 295 g/mol. The lowest BCUT2D eigenvalue weighted by Crippen LogP contribution is -2.41. The first-order chi connectivity index (χ1) is 9.97. The fraction of sp³-hybridized carbons (Fsp3) is 0.467. The number of hydrogen-bond acceptors (Lipinski definition) is 3. The predicted octanol–water partition coefficient (Wildman–Crippen LogP) is 1.84. The number of carboxylic acids is 1. The van der Waals surface area contributed by atoms with Crippen LogP contribution in [0.15, 0.2) is 18.2 Å². The minimum absolute atomic E-state index is 0.121. The van der Waals surface area contributed by atoms with E-state index in [2.05, 4.69) is 0 Å². The van der Waals surface area contributed by atoms with Crippen LogP contribution >= 0.6 is 0 Å². The quantitative estimate of drug-likeness (QED) is 0.920. The average Bonchev–Trinajstić information content (AvgIpc) is 2.45. The molecule has 2 rings (SSSR count). The normalized spacial score (nSPS) is 16.0. The van der Waals surface area contributed by atoms with E-state index in [9.17, 15) is 14.0 Å². The van der Waals surface area contributed by atoms with Gasteiger partial charge in [-0.25, -0.2) is 9.18 Å². The number of ether oxygens (including phenoxy) is 1. The molecule has 0 atom stereocenters. The molecule has 1 aliphatic rings. The maximum absolute atomic E-state index is 13.1. The molecule has 1 heterocycles. The molecule has 1 saturated heterocycles. The molecule has 0 unspecified atom stereocenters. The van der Waals surface area contributed by atoms with E-state index in [0.29, 0.717) is 37.1 Å². The van der Waals surface area contributed by atoms with Crippen LogP contribution < -0.4 is 0 Å². The van der Waals surface area contributed by atoms with Crippen molar-refractivity contribution in [3.8, 4) is 0 Å². The molecule has 1 N–H and O–H groups in total. The standard InChI is InChI=1S/C15H18FNO4/c1-10-8-11(16)2-3-13(10)15(20)17-6-4-12(5-7-17)21-9-14(18)19/h2-3,8,12H,4-7,9H2,1H3,(H,18,19). The third-order valence-electron chi connectivity index (χ3n) is 3.59. The summed E-state index contributed by atoms with van der Waals surface area (Å²) in [6, 6.07) is 4.12. The van der Waals surface area contributed by atoms with E-state index in [1.807, 2.05) is 0 Å². The summed E-state index contributed by atoms with van der Waals surface area (Å²) < 4.78 is 18.3. The van der Waals surface area contributed by atoms with Gasteiger partial charge in [0.25, 0.3) is 5.91 Å². The third kappa shape index (κ3) is 4.01. The maximum Gasteiger partial charge on any atom is 0.329 e. The molecule has 1 fully saturated rings. The summed E-state index contributed by atoms with van der Waals surface area (Å²) >= 11 is 0. The van der Waals surface area contributed by atoms with Crippen molar-refractivity contribution in [3.63, 3.8) is 0 Å². The number of carboxylic acid groups (broad SMARTS) is 1. The Hall–Kier alpha value is -1.95. The predicted molar refractivity (Wildman–Crippen MR) is 73.7 cm³/mol. The van der Waals surface area contributed by atoms with Crippen LogP contribution in [-0.2, 0) is 9.53 Å². The van der Waals surface area contributed by atoms with Gasteiger partial charge in [0.2, 0.25) is 0 Å². The van der Waals surface area contributed by atoms with Gasteiger partial charge in [-0.15, -0.1) is 0 Å². The summed E-state index contributed by atoms with van der Waals surface area (Å²) in [4.78, 5) is 24.5. The van der Waals surface area contributed by atoms with E-state index in [4.69, 9.17) is 9.84 Å². The number of carbonyl (C=O) groups excluding carboxylic acids is 1. The van der Waals surface area contributed by atoms with Gasteiger partial charge in [0, 0.05) is 18.7 Å². The number of likely N-dealkylation sites (tertiary alicyclic amines) is 1. The zero-order valence-electron chi connectivity index (χ0n) is 11.8. The lowest BCUT2D eigenvalue weighted by Gasteiger charge is -2.32. The molecule has 1 aromatic rings. The van der Waals surface area contributed by atoms with Crippen LogP contribution in [0.5, 0.6) is 0 Å². The summed E-state index contributed by atoms with van der Waals surface area (Å²) in [5.41, 5.74) is 1.12. The lowest BCUT2D eigenvalue weighted by molar-refractivity contribution is -0.145. The van der Waals surface area contributed by atoms with E-state index in [-0.39, 0.29) is 24.4 Å². The molecule has 0 bridgehead atoms. The van der Waals surface area contributed by atoms with Crippen molar-refractivity contribution in [2.24, 2.45) is 0 Å². The average molecular weight is 295 g/mol. The van der Waals surface area contributed by atoms with Gasteiger partial charge in [-0.05, 0) is 43.5 Å². The van der Waals surface area contributed by atoms with Crippen molar-refractivity contribution in [2.75, 3.05) is 19.7 Å². The Balaban J connectivity index is 1.92. The molecule has 114 valence electrons. The first kappa shape index (κ1) is 15.4. The minimum Gasteiger partial charge on any atom is -0.480 e. The van der Waals surface area contributed by atoms with Crippen LogP contribution in [0, 0.1) is 12.7 Å². The van der Waals surface area contributed by atoms with Gasteiger partial charge < -0.3 is 14.7 Å². The molecule has 6 heteroatoms. The number of amides is 1. The first-order valence-corrected chi connectivity index (χ1v) is 6.86. The summed E-state index contributed by atoms with van der Waals surface area (Å²) in [6.07, 6.45) is 1.10. The van der Waals surface area contributed by atoms with Crippen LogP contribution in [0.1, 0.15) is 28.8 Å². The highest BCUT2D eigenvalue weighted by molar-refractivity contribution is 5.95. The molecule has 0 spiro atoms. The fourth-order valence-electron chi connectivity index (χ4n) is 2.45. The second-order valence-corrected chi connectivity index (χ2v) is 5.16. The highest BCUT2D eigenvalue weighted by atomic mass is 19.1. The summed E-state index contributed by atoms with van der Waals surface area (Å²) in [7, 11) is 0. The molecule has 1 aromatic carbocycles. The van der Waals surface area contributed by atoms with Gasteiger partial charge in [0.15, 0.2) is 0 Å². The Morgan fingerprint density at radius 1 is 1.38 bits per heavy atom. The molecule has 21 heavy (non-hydrogen) atoms. The first-order valence-electron chi connectivity index (χ1n) is 6.86. The molecule has 1 amide bonds. The van der Waals surface area contributed by atoms with Crippen LogP contribution in [-0.4, -0.2) is 47.7 Å². The van der Waals surface area contributed by atoms with Gasteiger partial charge in [0.05, 0.1) is 6.10 Å². The molecule has 0 aromatic heterocycles. The summed E-state index contributed by atoms with van der Waals surface area (Å²) in [5.74, 6) is -1.47. The number of hydrogen-bond donors (Lipinski definition) is 1. The number of piperidine rings is 1. The highest BCUT2D eigenvalue weighted by Gasteiger charge is 2.25. The SMILES string of the molecule is Cc1cc(F)ccc1C(=O)N1CCC(OCC(=O)O)CC1. The Labute approximate surface area is 122 Å². The van der Waals surface area contributed by atoms with E-state index in [0.717, 1.165) is 0 Å². The van der Waals surface area contributed by atoms with Crippen LogP contribution in [0.3, 0.4) is 0 Å². The fourth-order valence-corrected chi connectivity index (χ4v) is 2.45. The van der Waals surface area contributed by atoms with Crippen LogP contribution in [0.25, 0.3) is 0 Å². The van der Waals surface area contributed by atoms with Crippen LogP contribution in [0.4, 0.5) is 4.39 Å². The van der Waals surface area contributed by atoms with E-state index < -0.39 is 5.97 Å². The Kier molecular flexibility index (Phi) is 4.90. The number of aliphatic carboxylic acids is 1. The number of nitrogens with zero attached hydrogens (tertiary/aromatic N) is 1. The lowest BCUT2D eigenvalue weighted by atomic mass is 10.0. The van der Waals surface area contributed by atoms with Gasteiger partial charge in [-0.2, -0.15) is 0 Å². The molecular formula is C15H18FNO4. The number of benzene rings is 1. The van der Waals surface area contributed by atoms with Gasteiger partial charge in [0.1, 0.15) is 12.4 Å². The Morgan fingerprint density at radius 3 is 2.62 bits per heavy atom. The molecule has 0 aliphatic carbocycles. The van der Waals surface area contributed by atoms with E-state index in [1.165, 1.54) is 18.2 Å². The molecule has 5 nitrogen and oxygen atoms in total. The van der Waals surface area contributed by atoms with Crippen LogP contribution in [0.2, 0.25) is 0 Å². The Morgan fingerprint density at radius 2 is 2.05 bits per heavy atom. The molecule has 0 radical (unpaired) electrons. The topological polar surface area (TPSA) is 66.8 Å². The van der Waals surface area contributed by atoms with Crippen molar-refractivity contribution in [1.29, 1.82) is 0 Å².